The fraction of sp³-hybridized carbons (Fsp3) is 0.276. The third kappa shape index (κ3) is 5.06. The van der Waals surface area contributed by atoms with Crippen molar-refractivity contribution in [3.05, 3.63) is 71.8 Å². The van der Waals surface area contributed by atoms with E-state index in [1.165, 1.54) is 24.5 Å². The van der Waals surface area contributed by atoms with Crippen molar-refractivity contribution in [2.75, 3.05) is 12.3 Å². The first-order chi connectivity index (χ1) is 19.8. The number of anilines is 1. The predicted molar refractivity (Wildman–Crippen MR) is 143 cm³/mol. The van der Waals surface area contributed by atoms with E-state index in [9.17, 15) is 18.8 Å². The summed E-state index contributed by atoms with van der Waals surface area (Å²) >= 11 is 0. The summed E-state index contributed by atoms with van der Waals surface area (Å²) in [4.78, 5) is 23.3. The minimum Gasteiger partial charge on any atom is -0.451 e. The number of hydrogen-bond donors (Lipinski definition) is 1. The number of carbonyl (C=O) groups excluding carboxylic acids is 1. The molecule has 0 bridgehead atoms. The number of benzene rings is 2. The minimum absolute atomic E-state index is 0.0510. The Morgan fingerprint density at radius 2 is 1.90 bits per heavy atom. The van der Waals surface area contributed by atoms with Crippen LogP contribution in [0.2, 0.25) is 0 Å². The lowest BCUT2D eigenvalue weighted by atomic mass is 10.1. The molecule has 1 aliphatic carbocycles. The van der Waals surface area contributed by atoms with Gasteiger partial charge in [0.05, 0.1) is 18.0 Å². The van der Waals surface area contributed by atoms with Gasteiger partial charge in [-0.05, 0) is 55.9 Å². The predicted octanol–water partition coefficient (Wildman–Crippen LogP) is 5.14. The number of nitrogens with two attached hydrogens (primary N) is 1. The SMILES string of the molecule is N#CC(=CC1CC1)C(=O)N1CCCC1Cn1nc(-c2ccc(Oc3c(F)cccc3F)cc2F)c2c(N)ncnc21. The summed E-state index contributed by atoms with van der Waals surface area (Å²) in [6, 6.07) is 8.79. The molecule has 6 rings (SSSR count). The zero-order valence-corrected chi connectivity index (χ0v) is 21.7. The molecule has 2 aromatic carbocycles. The molecule has 41 heavy (non-hydrogen) atoms. The van der Waals surface area contributed by atoms with Crippen molar-refractivity contribution < 1.29 is 22.7 Å². The smallest absolute Gasteiger partial charge is 0.264 e. The van der Waals surface area contributed by atoms with E-state index in [1.54, 1.807) is 15.7 Å². The fourth-order valence-corrected chi connectivity index (χ4v) is 5.10. The van der Waals surface area contributed by atoms with Crippen LogP contribution in [0.4, 0.5) is 19.0 Å². The molecule has 9 nitrogen and oxygen atoms in total. The van der Waals surface area contributed by atoms with E-state index in [0.29, 0.717) is 24.0 Å². The molecule has 2 N–H and O–H groups in total. The maximum atomic E-state index is 15.4. The van der Waals surface area contributed by atoms with E-state index in [0.717, 1.165) is 37.5 Å². The maximum absolute atomic E-state index is 15.4. The van der Waals surface area contributed by atoms with Crippen LogP contribution in [0.25, 0.3) is 22.3 Å². The van der Waals surface area contributed by atoms with Gasteiger partial charge >= 0.3 is 0 Å². The average Bonchev–Trinajstić information content (AvgIpc) is 3.53. The molecular weight excluding hydrogens is 535 g/mol. The molecule has 2 fully saturated rings. The quantitative estimate of drug-likeness (QED) is 0.246. The number of carbonyl (C=O) groups is 1. The lowest BCUT2D eigenvalue weighted by molar-refractivity contribution is -0.127. The number of nitrogen functional groups attached to an aromatic ring is 1. The molecule has 3 heterocycles. The van der Waals surface area contributed by atoms with Crippen LogP contribution < -0.4 is 10.5 Å². The largest absolute Gasteiger partial charge is 0.451 e. The second-order valence-corrected chi connectivity index (χ2v) is 10.1. The van der Waals surface area contributed by atoms with Crippen molar-refractivity contribution in [2.45, 2.75) is 38.3 Å². The average molecular weight is 560 g/mol. The summed E-state index contributed by atoms with van der Waals surface area (Å²) in [7, 11) is 0. The normalized spacial score (nSPS) is 17.2. The highest BCUT2D eigenvalue weighted by Crippen LogP contribution is 2.36. The van der Waals surface area contributed by atoms with Gasteiger partial charge in [0.2, 0.25) is 0 Å². The van der Waals surface area contributed by atoms with Crippen molar-refractivity contribution in [2.24, 2.45) is 5.92 Å². The van der Waals surface area contributed by atoms with E-state index < -0.39 is 23.2 Å². The number of allylic oxidation sites excluding steroid dienone is 1. The summed E-state index contributed by atoms with van der Waals surface area (Å²) in [6.07, 6.45) is 6.45. The fourth-order valence-electron chi connectivity index (χ4n) is 5.10. The number of fused-ring (bicyclic) bond motifs is 1. The summed E-state index contributed by atoms with van der Waals surface area (Å²) in [5, 5.41) is 14.5. The lowest BCUT2D eigenvalue weighted by Gasteiger charge is -2.24. The molecule has 2 aliphatic rings. The second kappa shape index (κ2) is 10.6. The molecule has 1 aliphatic heterocycles. The Hall–Kier alpha value is -4.92. The van der Waals surface area contributed by atoms with Crippen LogP contribution in [-0.2, 0) is 11.3 Å². The summed E-state index contributed by atoms with van der Waals surface area (Å²) < 4.78 is 50.3. The van der Waals surface area contributed by atoms with Gasteiger partial charge in [0.15, 0.2) is 23.0 Å². The molecular formula is C29H24F3N7O2. The van der Waals surface area contributed by atoms with Gasteiger partial charge in [-0.15, -0.1) is 0 Å². The molecule has 2 aromatic heterocycles. The third-order valence-electron chi connectivity index (χ3n) is 7.29. The lowest BCUT2D eigenvalue weighted by Crippen LogP contribution is -2.39. The first kappa shape index (κ1) is 26.3. The second-order valence-electron chi connectivity index (χ2n) is 10.1. The van der Waals surface area contributed by atoms with Gasteiger partial charge in [-0.3, -0.25) is 4.79 Å². The molecule has 0 radical (unpaired) electrons. The number of para-hydroxylation sites is 1. The van der Waals surface area contributed by atoms with Gasteiger partial charge in [0.25, 0.3) is 5.91 Å². The molecule has 0 spiro atoms. The van der Waals surface area contributed by atoms with Crippen LogP contribution >= 0.6 is 0 Å². The Balaban J connectivity index is 1.32. The van der Waals surface area contributed by atoms with Gasteiger partial charge in [-0.25, -0.2) is 27.8 Å². The molecule has 208 valence electrons. The van der Waals surface area contributed by atoms with Gasteiger partial charge in [-0.1, -0.05) is 12.1 Å². The third-order valence-corrected chi connectivity index (χ3v) is 7.29. The van der Waals surface area contributed by atoms with Crippen LogP contribution in [0.1, 0.15) is 25.7 Å². The summed E-state index contributed by atoms with van der Waals surface area (Å²) in [5.74, 6) is -3.31. The highest BCUT2D eigenvalue weighted by Gasteiger charge is 2.33. The number of amides is 1. The first-order valence-electron chi connectivity index (χ1n) is 13.2. The van der Waals surface area contributed by atoms with Crippen molar-refractivity contribution in [1.82, 2.24) is 24.6 Å². The highest BCUT2D eigenvalue weighted by atomic mass is 19.1. The van der Waals surface area contributed by atoms with Gasteiger partial charge in [0, 0.05) is 18.2 Å². The molecule has 4 aromatic rings. The van der Waals surface area contributed by atoms with E-state index >= 15 is 4.39 Å². The summed E-state index contributed by atoms with van der Waals surface area (Å²) in [6.45, 7) is 0.755. The zero-order valence-electron chi connectivity index (χ0n) is 21.7. The van der Waals surface area contributed by atoms with Crippen molar-refractivity contribution in [1.29, 1.82) is 5.26 Å². The van der Waals surface area contributed by atoms with Crippen molar-refractivity contribution in [3.63, 3.8) is 0 Å². The van der Waals surface area contributed by atoms with Crippen LogP contribution in [0.3, 0.4) is 0 Å². The number of rotatable bonds is 7. The van der Waals surface area contributed by atoms with Crippen LogP contribution in [0.5, 0.6) is 11.5 Å². The number of aromatic nitrogens is 4. The number of nitrogens with zero attached hydrogens (tertiary/aromatic N) is 6. The Morgan fingerprint density at radius 1 is 1.12 bits per heavy atom. The van der Waals surface area contributed by atoms with Crippen molar-refractivity contribution >= 4 is 22.8 Å². The first-order valence-corrected chi connectivity index (χ1v) is 13.2. The number of hydrogen-bond acceptors (Lipinski definition) is 7. The molecule has 1 amide bonds. The van der Waals surface area contributed by atoms with E-state index in [2.05, 4.69) is 15.1 Å². The number of ether oxygens (including phenoxy) is 1. The maximum Gasteiger partial charge on any atom is 0.264 e. The highest BCUT2D eigenvalue weighted by molar-refractivity contribution is 5.99. The monoisotopic (exact) mass is 559 g/mol. The molecule has 1 saturated carbocycles. The Bertz CT molecular complexity index is 1720. The van der Waals surface area contributed by atoms with E-state index in [-0.39, 0.29) is 52.8 Å². The Kier molecular flexibility index (Phi) is 6.78. The Morgan fingerprint density at radius 3 is 2.61 bits per heavy atom. The van der Waals surface area contributed by atoms with E-state index in [1.807, 2.05) is 6.07 Å². The van der Waals surface area contributed by atoms with Gasteiger partial charge < -0.3 is 15.4 Å². The standard InChI is InChI=1S/C29H24F3N7O2/c30-21-4-1-5-22(31)26(21)41-19-8-9-20(23(32)12-19)25-24-27(34)35-15-36-28(24)39(37-25)14-18-3-2-10-38(18)29(40)17(13-33)11-16-6-7-16/h1,4-5,8-9,11-12,15-16,18H,2-3,6-7,10,14H2,(H2,34,35,36). The number of nitriles is 1. The zero-order chi connectivity index (χ0) is 28.7. The van der Waals surface area contributed by atoms with Gasteiger partial charge in [-0.2, -0.15) is 10.4 Å². The molecule has 1 saturated heterocycles. The van der Waals surface area contributed by atoms with E-state index in [4.69, 9.17) is 10.5 Å². The van der Waals surface area contributed by atoms with Crippen LogP contribution in [0, 0.1) is 34.7 Å². The van der Waals surface area contributed by atoms with Crippen molar-refractivity contribution in [3.8, 4) is 28.8 Å². The molecule has 1 atom stereocenters. The molecule has 1 unspecified atom stereocenters. The Labute approximate surface area is 232 Å². The van der Waals surface area contributed by atoms with Crippen LogP contribution in [-0.4, -0.2) is 43.1 Å². The van der Waals surface area contributed by atoms with Gasteiger partial charge in [0.1, 0.15) is 41.0 Å². The minimum atomic E-state index is -0.923. The number of likely N-dealkylation sites (tertiary alicyclic amines) is 1. The topological polar surface area (TPSA) is 123 Å². The molecule has 12 heteroatoms. The number of halogens is 3. The van der Waals surface area contributed by atoms with Crippen LogP contribution in [0.15, 0.2) is 54.4 Å². The summed E-state index contributed by atoms with van der Waals surface area (Å²) in [5.41, 5.74) is 6.90.